The molecule has 104 valence electrons. The van der Waals surface area contributed by atoms with Gasteiger partial charge in [-0.2, -0.15) is 0 Å². The molecule has 3 aliphatic rings. The summed E-state index contributed by atoms with van der Waals surface area (Å²) < 4.78 is 2.23. The number of imidazole rings is 1. The first-order valence-electron chi connectivity index (χ1n) is 7.99. The quantitative estimate of drug-likeness (QED) is 0.926. The van der Waals surface area contributed by atoms with Gasteiger partial charge in [-0.1, -0.05) is 6.07 Å². The van der Waals surface area contributed by atoms with Gasteiger partial charge < -0.3 is 9.72 Å². The van der Waals surface area contributed by atoms with E-state index in [4.69, 9.17) is 0 Å². The highest BCUT2D eigenvalue weighted by molar-refractivity contribution is 5.42. The van der Waals surface area contributed by atoms with Gasteiger partial charge in [-0.25, -0.2) is 4.98 Å². The molecule has 3 saturated carbocycles. The summed E-state index contributed by atoms with van der Waals surface area (Å²) in [6, 6.07) is 7.03. The maximum absolute atomic E-state index is 4.65. The van der Waals surface area contributed by atoms with Gasteiger partial charge in [-0.05, 0) is 62.0 Å². The highest BCUT2D eigenvalue weighted by atomic mass is 15.1. The second-order valence-electron chi connectivity index (χ2n) is 6.97. The Morgan fingerprint density at radius 2 is 2.05 bits per heavy atom. The first-order chi connectivity index (χ1) is 9.83. The monoisotopic (exact) mass is 267 g/mol. The lowest BCUT2D eigenvalue weighted by Gasteiger charge is -2.11. The molecule has 0 amide bonds. The normalized spacial score (nSPS) is 37.5. The Labute approximate surface area is 119 Å². The first-order valence-corrected chi connectivity index (χ1v) is 7.99. The molecule has 4 unspecified atom stereocenters. The van der Waals surface area contributed by atoms with E-state index in [-0.39, 0.29) is 0 Å². The number of nitrogens with zero attached hydrogens (tertiary/aromatic N) is 2. The van der Waals surface area contributed by atoms with Crippen LogP contribution in [0.2, 0.25) is 0 Å². The van der Waals surface area contributed by atoms with Crippen LogP contribution in [0.3, 0.4) is 0 Å². The van der Waals surface area contributed by atoms with E-state index in [0.29, 0.717) is 0 Å². The summed E-state index contributed by atoms with van der Waals surface area (Å²) in [5.41, 5.74) is 3.56. The van der Waals surface area contributed by atoms with Crippen LogP contribution in [0.25, 0.3) is 5.65 Å². The molecule has 3 heteroatoms. The van der Waals surface area contributed by atoms with Crippen molar-refractivity contribution in [1.82, 2.24) is 14.7 Å². The lowest BCUT2D eigenvalue weighted by molar-refractivity contribution is 0.456. The summed E-state index contributed by atoms with van der Waals surface area (Å²) in [6.07, 6.45) is 6.66. The van der Waals surface area contributed by atoms with Crippen molar-refractivity contribution >= 4 is 5.65 Å². The first kappa shape index (κ1) is 11.3. The van der Waals surface area contributed by atoms with Crippen molar-refractivity contribution in [3.05, 3.63) is 35.8 Å². The second-order valence-corrected chi connectivity index (χ2v) is 6.97. The number of aryl methyl sites for hydroxylation is 1. The van der Waals surface area contributed by atoms with Gasteiger partial charge in [0, 0.05) is 18.8 Å². The Morgan fingerprint density at radius 3 is 2.85 bits per heavy atom. The van der Waals surface area contributed by atoms with E-state index in [1.165, 1.54) is 25.0 Å². The van der Waals surface area contributed by atoms with Crippen LogP contribution in [0.5, 0.6) is 0 Å². The van der Waals surface area contributed by atoms with Crippen molar-refractivity contribution in [2.75, 3.05) is 0 Å². The van der Waals surface area contributed by atoms with Crippen LogP contribution in [0.1, 0.15) is 30.7 Å². The molecular formula is C17H21N3. The Morgan fingerprint density at radius 1 is 1.25 bits per heavy atom. The predicted octanol–water partition coefficient (Wildman–Crippen LogP) is 2.78. The maximum atomic E-state index is 4.65. The Bertz CT molecular complexity index is 658. The third-order valence-electron chi connectivity index (χ3n) is 6.07. The largest absolute Gasteiger partial charge is 0.308 e. The van der Waals surface area contributed by atoms with Gasteiger partial charge in [0.25, 0.3) is 0 Å². The van der Waals surface area contributed by atoms with E-state index in [1.54, 1.807) is 0 Å². The van der Waals surface area contributed by atoms with Gasteiger partial charge in [-0.15, -0.1) is 0 Å². The van der Waals surface area contributed by atoms with Crippen LogP contribution >= 0.6 is 0 Å². The molecule has 0 spiro atoms. The molecule has 3 fully saturated rings. The van der Waals surface area contributed by atoms with Crippen LogP contribution in [0.4, 0.5) is 0 Å². The zero-order valence-electron chi connectivity index (χ0n) is 11.9. The SMILES string of the molecule is Cc1nc2ccccn2c1CNC1C2C3CCC(C3)C12. The molecule has 2 aromatic heterocycles. The van der Waals surface area contributed by atoms with E-state index in [1.807, 2.05) is 0 Å². The number of fused-ring (bicyclic) bond motifs is 6. The summed E-state index contributed by atoms with van der Waals surface area (Å²) in [5, 5.41) is 3.83. The van der Waals surface area contributed by atoms with E-state index < -0.39 is 0 Å². The van der Waals surface area contributed by atoms with Crippen LogP contribution in [0, 0.1) is 30.6 Å². The van der Waals surface area contributed by atoms with Crippen molar-refractivity contribution < 1.29 is 0 Å². The molecule has 0 aromatic carbocycles. The van der Waals surface area contributed by atoms with Gasteiger partial charge in [0.05, 0.1) is 11.4 Å². The van der Waals surface area contributed by atoms with Gasteiger partial charge in [0.15, 0.2) is 0 Å². The molecule has 2 heterocycles. The summed E-state index contributed by atoms with van der Waals surface area (Å²) in [7, 11) is 0. The second kappa shape index (κ2) is 3.85. The van der Waals surface area contributed by atoms with Crippen molar-refractivity contribution in [1.29, 1.82) is 0 Å². The number of nitrogens with one attached hydrogen (secondary N) is 1. The molecule has 2 bridgehead atoms. The van der Waals surface area contributed by atoms with Crippen LogP contribution in [0.15, 0.2) is 24.4 Å². The van der Waals surface area contributed by atoms with Gasteiger partial charge in [-0.3, -0.25) is 0 Å². The van der Waals surface area contributed by atoms with Crippen molar-refractivity contribution in [2.45, 2.75) is 38.8 Å². The molecule has 5 rings (SSSR count). The molecule has 20 heavy (non-hydrogen) atoms. The van der Waals surface area contributed by atoms with E-state index in [0.717, 1.165) is 47.6 Å². The Balaban J connectivity index is 1.36. The molecule has 0 radical (unpaired) electrons. The molecule has 1 N–H and O–H groups in total. The minimum Gasteiger partial charge on any atom is -0.308 e. The molecule has 4 atom stereocenters. The highest BCUT2D eigenvalue weighted by Gasteiger charge is 2.64. The Kier molecular flexibility index (Phi) is 2.18. The molecule has 0 aliphatic heterocycles. The fraction of sp³-hybridized carbons (Fsp3) is 0.588. The molecule has 2 aromatic rings. The fourth-order valence-electron chi connectivity index (χ4n) is 5.19. The number of pyridine rings is 1. The van der Waals surface area contributed by atoms with E-state index in [2.05, 4.69) is 46.0 Å². The zero-order valence-corrected chi connectivity index (χ0v) is 11.9. The summed E-state index contributed by atoms with van der Waals surface area (Å²) in [5.74, 6) is 4.11. The standard InChI is InChI=1S/C17H21N3/c1-10-13(20-7-3-2-4-14(20)19-10)9-18-17-15-11-5-6-12(8-11)16(15)17/h2-4,7,11-12,15-18H,5-6,8-9H2,1H3. The van der Waals surface area contributed by atoms with Crippen LogP contribution < -0.4 is 5.32 Å². The smallest absolute Gasteiger partial charge is 0.137 e. The van der Waals surface area contributed by atoms with Crippen molar-refractivity contribution in [3.8, 4) is 0 Å². The van der Waals surface area contributed by atoms with Gasteiger partial charge in [0.2, 0.25) is 0 Å². The van der Waals surface area contributed by atoms with E-state index >= 15 is 0 Å². The average molecular weight is 267 g/mol. The number of hydrogen-bond donors (Lipinski definition) is 1. The van der Waals surface area contributed by atoms with Crippen LogP contribution in [-0.2, 0) is 6.54 Å². The third-order valence-corrected chi connectivity index (χ3v) is 6.07. The third kappa shape index (κ3) is 1.42. The highest BCUT2D eigenvalue weighted by Crippen LogP contribution is 2.65. The predicted molar refractivity (Wildman–Crippen MR) is 78.4 cm³/mol. The maximum Gasteiger partial charge on any atom is 0.137 e. The minimum atomic E-state index is 0.801. The summed E-state index contributed by atoms with van der Waals surface area (Å²) in [6.45, 7) is 3.09. The summed E-state index contributed by atoms with van der Waals surface area (Å²) >= 11 is 0. The Hall–Kier alpha value is -1.35. The summed E-state index contributed by atoms with van der Waals surface area (Å²) in [4.78, 5) is 4.65. The van der Waals surface area contributed by atoms with Gasteiger partial charge >= 0.3 is 0 Å². The number of rotatable bonds is 3. The molecule has 0 saturated heterocycles. The lowest BCUT2D eigenvalue weighted by Crippen LogP contribution is -2.23. The fourth-order valence-corrected chi connectivity index (χ4v) is 5.19. The zero-order chi connectivity index (χ0) is 13.3. The number of hydrogen-bond acceptors (Lipinski definition) is 2. The minimum absolute atomic E-state index is 0.801. The van der Waals surface area contributed by atoms with Crippen molar-refractivity contribution in [3.63, 3.8) is 0 Å². The molecular weight excluding hydrogens is 246 g/mol. The van der Waals surface area contributed by atoms with Gasteiger partial charge in [0.1, 0.15) is 5.65 Å². The lowest BCUT2D eigenvalue weighted by atomic mass is 10.0. The number of aromatic nitrogens is 2. The topological polar surface area (TPSA) is 29.3 Å². The molecule has 3 aliphatic carbocycles. The molecule has 3 nitrogen and oxygen atoms in total. The van der Waals surface area contributed by atoms with Crippen LogP contribution in [-0.4, -0.2) is 15.4 Å². The average Bonchev–Trinajstić information content (AvgIpc) is 2.77. The van der Waals surface area contributed by atoms with Crippen molar-refractivity contribution in [2.24, 2.45) is 23.7 Å². The van der Waals surface area contributed by atoms with E-state index in [9.17, 15) is 0 Å².